The molecule has 0 spiro atoms. The zero-order valence-electron chi connectivity index (χ0n) is 13.7. The normalized spacial score (nSPS) is 10.4. The van der Waals surface area contributed by atoms with Gasteiger partial charge in [-0.05, 0) is 59.7 Å². The van der Waals surface area contributed by atoms with Gasteiger partial charge in [0, 0.05) is 24.3 Å². The van der Waals surface area contributed by atoms with E-state index in [4.69, 9.17) is 0 Å². The van der Waals surface area contributed by atoms with Crippen LogP contribution in [0, 0.1) is 0 Å². The van der Waals surface area contributed by atoms with E-state index < -0.39 is 0 Å². The molecule has 3 rings (SSSR count). The molecule has 0 aromatic heterocycles. The lowest BCUT2D eigenvalue weighted by Gasteiger charge is -2.25. The van der Waals surface area contributed by atoms with Gasteiger partial charge in [-0.1, -0.05) is 24.3 Å². The molecular weight excluding hydrogens is 314 g/mol. The van der Waals surface area contributed by atoms with Crippen molar-refractivity contribution in [3.8, 4) is 11.5 Å². The van der Waals surface area contributed by atoms with Gasteiger partial charge in [0.1, 0.15) is 17.8 Å². The summed E-state index contributed by atoms with van der Waals surface area (Å²) in [6, 6.07) is 21.7. The smallest absolute Gasteiger partial charge is 0.150 e. The molecule has 0 atom stereocenters. The molecule has 4 nitrogen and oxygen atoms in total. The van der Waals surface area contributed by atoms with Crippen LogP contribution in [0.4, 0.5) is 5.69 Å². The lowest BCUT2D eigenvalue weighted by atomic mass is 10.1. The molecule has 0 heterocycles. The second kappa shape index (κ2) is 7.53. The Morgan fingerprint density at radius 1 is 0.680 bits per heavy atom. The lowest BCUT2D eigenvalue weighted by Crippen LogP contribution is -2.22. The average Bonchev–Trinajstić information content (AvgIpc) is 2.65. The fourth-order valence-corrected chi connectivity index (χ4v) is 2.65. The molecule has 3 aromatic rings. The number of nitrogens with zero attached hydrogens (tertiary/aromatic N) is 1. The van der Waals surface area contributed by atoms with Crippen LogP contribution in [0.15, 0.2) is 72.8 Å². The molecule has 0 aliphatic heterocycles. The maximum Gasteiger partial charge on any atom is 0.150 e. The number of phenolic OH excluding ortho intramolecular Hbond substituents is 2. The van der Waals surface area contributed by atoms with E-state index in [0.717, 1.165) is 23.1 Å². The summed E-state index contributed by atoms with van der Waals surface area (Å²) in [6.45, 7) is 1.31. The third-order valence-electron chi connectivity index (χ3n) is 4.01. The Morgan fingerprint density at radius 2 is 1.12 bits per heavy atom. The van der Waals surface area contributed by atoms with E-state index in [9.17, 15) is 15.0 Å². The molecule has 3 aromatic carbocycles. The number of carbonyl (C=O) groups is 1. The van der Waals surface area contributed by atoms with Gasteiger partial charge in [0.15, 0.2) is 0 Å². The molecule has 0 aliphatic carbocycles. The van der Waals surface area contributed by atoms with E-state index in [1.807, 2.05) is 36.4 Å². The molecule has 4 heteroatoms. The average molecular weight is 333 g/mol. The van der Waals surface area contributed by atoms with Crippen molar-refractivity contribution in [2.75, 3.05) is 4.90 Å². The van der Waals surface area contributed by atoms with Crippen LogP contribution in [-0.4, -0.2) is 16.5 Å². The molecule has 0 bridgehead atoms. The molecule has 0 radical (unpaired) electrons. The van der Waals surface area contributed by atoms with Crippen LogP contribution in [0.5, 0.6) is 11.5 Å². The van der Waals surface area contributed by atoms with Gasteiger partial charge in [-0.15, -0.1) is 0 Å². The van der Waals surface area contributed by atoms with Gasteiger partial charge in [0.05, 0.1) is 0 Å². The molecule has 25 heavy (non-hydrogen) atoms. The second-order valence-corrected chi connectivity index (χ2v) is 5.90. The van der Waals surface area contributed by atoms with E-state index >= 15 is 0 Å². The molecule has 0 aliphatic rings. The molecule has 0 amide bonds. The minimum Gasteiger partial charge on any atom is -0.508 e. The van der Waals surface area contributed by atoms with E-state index in [1.54, 1.807) is 36.4 Å². The first-order chi connectivity index (χ1) is 12.1. The molecule has 2 N–H and O–H groups in total. The van der Waals surface area contributed by atoms with Gasteiger partial charge < -0.3 is 15.1 Å². The van der Waals surface area contributed by atoms with E-state index in [-0.39, 0.29) is 11.5 Å². The summed E-state index contributed by atoms with van der Waals surface area (Å²) >= 11 is 0. The summed E-state index contributed by atoms with van der Waals surface area (Å²) in [6.07, 6.45) is 0.827. The Kier molecular flexibility index (Phi) is 5.00. The monoisotopic (exact) mass is 333 g/mol. The molecule has 0 unspecified atom stereocenters. The number of phenols is 2. The summed E-state index contributed by atoms with van der Waals surface area (Å²) in [5.41, 5.74) is 3.76. The largest absolute Gasteiger partial charge is 0.508 e. The van der Waals surface area contributed by atoms with Crippen molar-refractivity contribution in [3.05, 3.63) is 89.5 Å². The van der Waals surface area contributed by atoms with E-state index in [0.29, 0.717) is 18.7 Å². The van der Waals surface area contributed by atoms with Gasteiger partial charge in [-0.3, -0.25) is 4.79 Å². The van der Waals surface area contributed by atoms with Gasteiger partial charge in [0.2, 0.25) is 0 Å². The number of hydrogen-bond donors (Lipinski definition) is 2. The van der Waals surface area contributed by atoms with Crippen LogP contribution in [0.3, 0.4) is 0 Å². The van der Waals surface area contributed by atoms with Crippen LogP contribution >= 0.6 is 0 Å². The van der Waals surface area contributed by atoms with Crippen LogP contribution in [-0.2, 0) is 13.1 Å². The number of benzene rings is 3. The summed E-state index contributed by atoms with van der Waals surface area (Å²) in [7, 11) is 0. The topological polar surface area (TPSA) is 60.8 Å². The number of anilines is 1. The predicted octanol–water partition coefficient (Wildman–Crippen LogP) is 4.12. The first-order valence-electron chi connectivity index (χ1n) is 8.00. The van der Waals surface area contributed by atoms with Crippen LogP contribution in [0.1, 0.15) is 21.5 Å². The summed E-state index contributed by atoms with van der Waals surface area (Å²) in [5.74, 6) is 0.480. The fourth-order valence-electron chi connectivity index (χ4n) is 2.65. The molecule has 0 fully saturated rings. The minimum atomic E-state index is 0.240. The predicted molar refractivity (Wildman–Crippen MR) is 97.9 cm³/mol. The Bertz CT molecular complexity index is 777. The van der Waals surface area contributed by atoms with Crippen LogP contribution in [0.25, 0.3) is 0 Å². The Labute approximate surface area is 146 Å². The third-order valence-corrected chi connectivity index (χ3v) is 4.01. The SMILES string of the molecule is O=Cc1ccc(N(Cc2ccc(O)cc2)Cc2ccc(O)cc2)cc1. The van der Waals surface area contributed by atoms with Crippen molar-refractivity contribution < 1.29 is 15.0 Å². The highest BCUT2D eigenvalue weighted by molar-refractivity contribution is 5.75. The standard InChI is InChI=1S/C21H19NO3/c23-15-18-1-7-19(8-2-18)22(13-16-3-9-20(24)10-4-16)14-17-5-11-21(25)12-6-17/h1-12,15,24-25H,13-14H2. The minimum absolute atomic E-state index is 0.240. The summed E-state index contributed by atoms with van der Waals surface area (Å²) in [5, 5.41) is 18.9. The highest BCUT2D eigenvalue weighted by Gasteiger charge is 2.09. The number of rotatable bonds is 6. The van der Waals surface area contributed by atoms with Crippen LogP contribution < -0.4 is 4.90 Å². The zero-order chi connectivity index (χ0) is 17.6. The maximum atomic E-state index is 10.9. The number of carbonyl (C=O) groups excluding carboxylic acids is 1. The van der Waals surface area contributed by atoms with Crippen molar-refractivity contribution in [2.45, 2.75) is 13.1 Å². The van der Waals surface area contributed by atoms with Crippen molar-refractivity contribution in [1.82, 2.24) is 0 Å². The maximum absolute atomic E-state index is 10.9. The van der Waals surface area contributed by atoms with Crippen molar-refractivity contribution in [2.24, 2.45) is 0 Å². The van der Waals surface area contributed by atoms with Gasteiger partial charge in [-0.2, -0.15) is 0 Å². The molecule has 126 valence electrons. The quantitative estimate of drug-likeness (QED) is 0.666. The van der Waals surface area contributed by atoms with Crippen molar-refractivity contribution in [1.29, 1.82) is 0 Å². The summed E-state index contributed by atoms with van der Waals surface area (Å²) < 4.78 is 0. The summed E-state index contributed by atoms with van der Waals surface area (Å²) in [4.78, 5) is 13.0. The first-order valence-corrected chi connectivity index (χ1v) is 8.00. The highest BCUT2D eigenvalue weighted by atomic mass is 16.3. The van der Waals surface area contributed by atoms with Gasteiger partial charge in [-0.25, -0.2) is 0 Å². The van der Waals surface area contributed by atoms with Crippen molar-refractivity contribution >= 4 is 12.0 Å². The van der Waals surface area contributed by atoms with Crippen LogP contribution in [0.2, 0.25) is 0 Å². The number of hydrogen-bond acceptors (Lipinski definition) is 4. The van der Waals surface area contributed by atoms with Gasteiger partial charge >= 0.3 is 0 Å². The number of aromatic hydroxyl groups is 2. The number of aldehydes is 1. The molecule has 0 saturated heterocycles. The molecular formula is C21H19NO3. The fraction of sp³-hybridized carbons (Fsp3) is 0.0952. The highest BCUT2D eigenvalue weighted by Crippen LogP contribution is 2.22. The van der Waals surface area contributed by atoms with E-state index in [2.05, 4.69) is 4.90 Å². The Hall–Kier alpha value is -3.27. The van der Waals surface area contributed by atoms with E-state index in [1.165, 1.54) is 0 Å². The molecule has 0 saturated carbocycles. The Morgan fingerprint density at radius 3 is 1.52 bits per heavy atom. The zero-order valence-corrected chi connectivity index (χ0v) is 13.7. The Balaban J connectivity index is 1.87. The lowest BCUT2D eigenvalue weighted by molar-refractivity contribution is 0.112. The van der Waals surface area contributed by atoms with Crippen molar-refractivity contribution in [3.63, 3.8) is 0 Å². The first kappa shape index (κ1) is 16.6. The van der Waals surface area contributed by atoms with Gasteiger partial charge in [0.25, 0.3) is 0 Å². The second-order valence-electron chi connectivity index (χ2n) is 5.90. The third kappa shape index (κ3) is 4.38.